The number of nitrogens with one attached hydrogen (secondary N) is 2. The number of amides is 1. The summed E-state index contributed by atoms with van der Waals surface area (Å²) in [4.78, 5) is 10.7. The van der Waals surface area contributed by atoms with Gasteiger partial charge in [-0.2, -0.15) is 8.42 Å². The average Bonchev–Trinajstić information content (AvgIpc) is 2.20. The van der Waals surface area contributed by atoms with Crippen LogP contribution in [0.3, 0.4) is 0 Å². The van der Waals surface area contributed by atoms with Crippen LogP contribution in [0, 0.1) is 0 Å². The number of anilines is 2. The van der Waals surface area contributed by atoms with Gasteiger partial charge in [0.25, 0.3) is 0 Å². The second kappa shape index (κ2) is 4.71. The number of methoxy groups -OCH3 is 1. The van der Waals surface area contributed by atoms with Crippen molar-refractivity contribution < 1.29 is 17.9 Å². The van der Waals surface area contributed by atoms with Crippen LogP contribution < -0.4 is 15.2 Å². The fourth-order valence-electron chi connectivity index (χ4n) is 0.883. The number of benzene rings is 1. The summed E-state index contributed by atoms with van der Waals surface area (Å²) in [5.41, 5.74) is 6.21. The Morgan fingerprint density at radius 3 is 2.38 bits per heavy atom. The Morgan fingerprint density at radius 1 is 1.31 bits per heavy atom. The second-order valence-corrected chi connectivity index (χ2v) is 4.24. The van der Waals surface area contributed by atoms with Gasteiger partial charge in [-0.15, -0.1) is 0 Å². The second-order valence-electron chi connectivity index (χ2n) is 2.82. The molecule has 4 N–H and O–H groups in total. The van der Waals surface area contributed by atoms with Crippen molar-refractivity contribution in [2.45, 2.75) is 0 Å². The summed E-state index contributed by atoms with van der Waals surface area (Å²) in [5.74, 6) is 0. The highest BCUT2D eigenvalue weighted by Crippen LogP contribution is 2.11. The first kappa shape index (κ1) is 12.1. The van der Waals surface area contributed by atoms with Gasteiger partial charge in [0.1, 0.15) is 0 Å². The van der Waals surface area contributed by atoms with Crippen molar-refractivity contribution in [2.24, 2.45) is 0 Å². The van der Waals surface area contributed by atoms with Crippen molar-refractivity contribution in [3.05, 3.63) is 24.3 Å². The molecule has 0 unspecified atom stereocenters. The molecule has 0 aromatic heterocycles. The molecule has 7 nitrogen and oxygen atoms in total. The van der Waals surface area contributed by atoms with Gasteiger partial charge >= 0.3 is 16.3 Å². The molecule has 1 aromatic carbocycles. The molecule has 0 saturated carbocycles. The van der Waals surface area contributed by atoms with Gasteiger partial charge in [0, 0.05) is 5.69 Å². The SMILES string of the molecule is COC(=O)NS(=O)(=O)Nc1ccc(N)cc1. The topological polar surface area (TPSA) is 111 Å². The van der Waals surface area contributed by atoms with Crippen molar-refractivity contribution in [3.8, 4) is 0 Å². The molecule has 1 aromatic rings. The summed E-state index contributed by atoms with van der Waals surface area (Å²) in [6, 6.07) is 5.98. The van der Waals surface area contributed by atoms with Gasteiger partial charge in [0.2, 0.25) is 0 Å². The smallest absolute Gasteiger partial charge is 0.422 e. The van der Waals surface area contributed by atoms with Crippen molar-refractivity contribution in [1.82, 2.24) is 4.72 Å². The summed E-state index contributed by atoms with van der Waals surface area (Å²) < 4.78 is 30.5. The largest absolute Gasteiger partial charge is 0.452 e. The minimum atomic E-state index is -3.97. The Morgan fingerprint density at radius 2 is 1.88 bits per heavy atom. The molecular formula is C8H11N3O4S. The van der Waals surface area contributed by atoms with E-state index in [1.165, 1.54) is 24.3 Å². The van der Waals surface area contributed by atoms with E-state index >= 15 is 0 Å². The van der Waals surface area contributed by atoms with E-state index in [9.17, 15) is 13.2 Å². The van der Waals surface area contributed by atoms with E-state index in [0.29, 0.717) is 5.69 Å². The Labute approximate surface area is 92.8 Å². The molecule has 0 aliphatic heterocycles. The first-order chi connectivity index (χ1) is 7.43. The zero-order chi connectivity index (χ0) is 12.2. The van der Waals surface area contributed by atoms with E-state index in [4.69, 9.17) is 5.73 Å². The Balaban J connectivity index is 2.73. The third-order valence-corrected chi connectivity index (χ3v) is 2.51. The van der Waals surface area contributed by atoms with Crippen molar-refractivity contribution in [1.29, 1.82) is 0 Å². The number of ether oxygens (including phenoxy) is 1. The lowest BCUT2D eigenvalue weighted by atomic mass is 10.3. The number of nitrogen functional groups attached to an aromatic ring is 1. The van der Waals surface area contributed by atoms with Crippen LogP contribution in [-0.4, -0.2) is 21.6 Å². The Hall–Kier alpha value is -1.96. The fraction of sp³-hybridized carbons (Fsp3) is 0.125. The van der Waals surface area contributed by atoms with Gasteiger partial charge in [-0.25, -0.2) is 9.52 Å². The molecule has 0 saturated heterocycles. The molecule has 0 aliphatic rings. The predicted octanol–water partition coefficient (Wildman–Crippen LogP) is 0.281. The van der Waals surface area contributed by atoms with E-state index in [1.807, 2.05) is 0 Å². The van der Waals surface area contributed by atoms with Gasteiger partial charge in [-0.05, 0) is 24.3 Å². The van der Waals surface area contributed by atoms with Crippen LogP contribution in [0.5, 0.6) is 0 Å². The molecule has 1 amide bonds. The first-order valence-electron chi connectivity index (χ1n) is 4.17. The van der Waals surface area contributed by atoms with Gasteiger partial charge in [0.05, 0.1) is 12.8 Å². The van der Waals surface area contributed by atoms with E-state index < -0.39 is 16.3 Å². The minimum absolute atomic E-state index is 0.283. The van der Waals surface area contributed by atoms with E-state index in [2.05, 4.69) is 9.46 Å². The zero-order valence-electron chi connectivity index (χ0n) is 8.43. The third kappa shape index (κ3) is 3.65. The molecule has 0 aliphatic carbocycles. The average molecular weight is 245 g/mol. The third-order valence-electron chi connectivity index (χ3n) is 1.57. The highest BCUT2D eigenvalue weighted by molar-refractivity contribution is 7.91. The molecule has 1 rings (SSSR count). The zero-order valence-corrected chi connectivity index (χ0v) is 9.24. The van der Waals surface area contributed by atoms with E-state index in [0.717, 1.165) is 7.11 Å². The van der Waals surface area contributed by atoms with Gasteiger partial charge in [-0.3, -0.25) is 4.72 Å². The summed E-state index contributed by atoms with van der Waals surface area (Å²) in [6.07, 6.45) is -1.07. The van der Waals surface area contributed by atoms with Crippen LogP contribution in [0.2, 0.25) is 0 Å². The number of carbonyl (C=O) groups excluding carboxylic acids is 1. The normalized spacial score (nSPS) is 10.6. The maximum Gasteiger partial charge on any atom is 0.422 e. The maximum atomic E-state index is 11.3. The lowest BCUT2D eigenvalue weighted by molar-refractivity contribution is 0.177. The van der Waals surface area contributed by atoms with Gasteiger partial charge in [0.15, 0.2) is 0 Å². The van der Waals surface area contributed by atoms with Crippen LogP contribution in [0.1, 0.15) is 0 Å². The van der Waals surface area contributed by atoms with Crippen LogP contribution >= 0.6 is 0 Å². The molecule has 0 bridgehead atoms. The lowest BCUT2D eigenvalue weighted by Gasteiger charge is -2.08. The van der Waals surface area contributed by atoms with Crippen molar-refractivity contribution in [3.63, 3.8) is 0 Å². The summed E-state index contributed by atoms with van der Waals surface area (Å²) in [6.45, 7) is 0. The minimum Gasteiger partial charge on any atom is -0.452 e. The van der Waals surface area contributed by atoms with Gasteiger partial charge < -0.3 is 10.5 Å². The van der Waals surface area contributed by atoms with E-state index in [-0.39, 0.29) is 5.69 Å². The van der Waals surface area contributed by atoms with Crippen LogP contribution in [-0.2, 0) is 14.9 Å². The van der Waals surface area contributed by atoms with E-state index in [1.54, 1.807) is 4.72 Å². The Bertz CT molecular complexity index is 469. The highest BCUT2D eigenvalue weighted by atomic mass is 32.2. The lowest BCUT2D eigenvalue weighted by Crippen LogP contribution is -2.35. The van der Waals surface area contributed by atoms with Crippen LogP contribution in [0.15, 0.2) is 24.3 Å². The fourth-order valence-corrected chi connectivity index (χ4v) is 1.68. The summed E-state index contributed by atoms with van der Waals surface area (Å²) in [5, 5.41) is 0. The summed E-state index contributed by atoms with van der Waals surface area (Å²) in [7, 11) is -2.91. The molecule has 0 fully saturated rings. The molecule has 8 heteroatoms. The molecule has 0 atom stereocenters. The van der Waals surface area contributed by atoms with Crippen molar-refractivity contribution in [2.75, 3.05) is 17.6 Å². The quantitative estimate of drug-likeness (QED) is 0.662. The van der Waals surface area contributed by atoms with Crippen LogP contribution in [0.25, 0.3) is 0 Å². The first-order valence-corrected chi connectivity index (χ1v) is 5.65. The standard InChI is InChI=1S/C8H11N3O4S/c1-15-8(12)11-16(13,14)10-7-4-2-6(9)3-5-7/h2-5,10H,9H2,1H3,(H,11,12). The maximum absolute atomic E-state index is 11.3. The molecule has 0 spiro atoms. The number of hydrogen-bond donors (Lipinski definition) is 3. The molecule has 0 radical (unpaired) electrons. The molecular weight excluding hydrogens is 234 g/mol. The number of carbonyl (C=O) groups is 1. The molecule has 88 valence electrons. The number of hydrogen-bond acceptors (Lipinski definition) is 5. The van der Waals surface area contributed by atoms with Gasteiger partial charge in [-0.1, -0.05) is 0 Å². The monoisotopic (exact) mass is 245 g/mol. The molecule has 16 heavy (non-hydrogen) atoms. The number of rotatable bonds is 3. The predicted molar refractivity (Wildman–Crippen MR) is 58.9 cm³/mol. The van der Waals surface area contributed by atoms with Crippen molar-refractivity contribution >= 4 is 27.7 Å². The number of nitrogens with two attached hydrogens (primary N) is 1. The highest BCUT2D eigenvalue weighted by Gasteiger charge is 2.13. The Kier molecular flexibility index (Phi) is 3.56. The molecule has 0 heterocycles. The summed E-state index contributed by atoms with van der Waals surface area (Å²) >= 11 is 0. The van der Waals surface area contributed by atoms with Crippen LogP contribution in [0.4, 0.5) is 16.2 Å².